The van der Waals surface area contributed by atoms with Gasteiger partial charge in [-0.3, -0.25) is 5.10 Å². The Bertz CT molecular complexity index is 825. The van der Waals surface area contributed by atoms with Gasteiger partial charge >= 0.3 is 0 Å². The zero-order valence-corrected chi connectivity index (χ0v) is 13.9. The summed E-state index contributed by atoms with van der Waals surface area (Å²) in [4.78, 5) is 0. The summed E-state index contributed by atoms with van der Waals surface area (Å²) in [6, 6.07) is 9.11. The smallest absolute Gasteiger partial charge is 0.233 e. The molecule has 4 rings (SSSR count). The summed E-state index contributed by atoms with van der Waals surface area (Å²) in [5, 5.41) is 25.4. The molecule has 1 aromatic carbocycles. The maximum atomic E-state index is 10.3. The van der Waals surface area contributed by atoms with Crippen molar-refractivity contribution in [1.82, 2.24) is 20.4 Å². The molecule has 6 nitrogen and oxygen atoms in total. The highest BCUT2D eigenvalue weighted by atomic mass is 16.5. The van der Waals surface area contributed by atoms with E-state index in [4.69, 9.17) is 4.74 Å². The fraction of sp³-hybridized carbons (Fsp3) is 0.316. The number of hydrogen-bond acceptors (Lipinski definition) is 5. The van der Waals surface area contributed by atoms with Gasteiger partial charge in [-0.05, 0) is 49.4 Å². The number of phenolic OH excluding ortho intramolecular Hbond substituents is 1. The predicted molar refractivity (Wildman–Crippen MR) is 94.2 cm³/mol. The van der Waals surface area contributed by atoms with E-state index < -0.39 is 0 Å². The van der Waals surface area contributed by atoms with E-state index in [1.165, 1.54) is 19.3 Å². The summed E-state index contributed by atoms with van der Waals surface area (Å²) < 4.78 is 5.90. The van der Waals surface area contributed by atoms with Crippen LogP contribution in [0.2, 0.25) is 0 Å². The predicted octanol–water partition coefficient (Wildman–Crippen LogP) is 3.95. The third-order valence-electron chi connectivity index (χ3n) is 4.58. The summed E-state index contributed by atoms with van der Waals surface area (Å²) in [6.07, 6.45) is 9.63. The van der Waals surface area contributed by atoms with Crippen LogP contribution in [0.15, 0.2) is 42.7 Å². The Hall–Kier alpha value is -2.89. The lowest BCUT2D eigenvalue weighted by atomic mass is 9.98. The van der Waals surface area contributed by atoms with Crippen molar-refractivity contribution in [3.63, 3.8) is 0 Å². The minimum atomic E-state index is 0.161. The van der Waals surface area contributed by atoms with Crippen LogP contribution in [-0.2, 0) is 0 Å². The second kappa shape index (κ2) is 6.93. The maximum absolute atomic E-state index is 10.3. The highest BCUT2D eigenvalue weighted by Crippen LogP contribution is 2.32. The third-order valence-corrected chi connectivity index (χ3v) is 4.58. The van der Waals surface area contributed by atoms with E-state index >= 15 is 0 Å². The lowest BCUT2D eigenvalue weighted by molar-refractivity contribution is 0.147. The van der Waals surface area contributed by atoms with Crippen LogP contribution < -0.4 is 4.74 Å². The number of benzene rings is 1. The Morgan fingerprint density at radius 3 is 2.56 bits per heavy atom. The average Bonchev–Trinajstić information content (AvgIpc) is 3.18. The molecule has 0 bridgehead atoms. The van der Waals surface area contributed by atoms with Crippen molar-refractivity contribution in [2.45, 2.75) is 38.2 Å². The van der Waals surface area contributed by atoms with Crippen LogP contribution in [-0.4, -0.2) is 31.6 Å². The average molecular weight is 336 g/mol. The van der Waals surface area contributed by atoms with E-state index in [0.717, 1.165) is 24.0 Å². The lowest BCUT2D eigenvalue weighted by Gasteiger charge is -2.22. The first kappa shape index (κ1) is 15.6. The van der Waals surface area contributed by atoms with E-state index in [1.54, 1.807) is 18.5 Å². The van der Waals surface area contributed by atoms with Gasteiger partial charge in [0.05, 0.1) is 11.9 Å². The van der Waals surface area contributed by atoms with Gasteiger partial charge in [0.2, 0.25) is 5.88 Å². The highest BCUT2D eigenvalue weighted by molar-refractivity contribution is 5.73. The van der Waals surface area contributed by atoms with Crippen LogP contribution in [0.5, 0.6) is 11.6 Å². The first-order valence-corrected chi connectivity index (χ1v) is 8.62. The molecule has 25 heavy (non-hydrogen) atoms. The molecule has 3 aromatic rings. The van der Waals surface area contributed by atoms with E-state index in [-0.39, 0.29) is 11.9 Å². The second-order valence-electron chi connectivity index (χ2n) is 6.35. The summed E-state index contributed by atoms with van der Waals surface area (Å²) in [5.41, 5.74) is 3.07. The van der Waals surface area contributed by atoms with Crippen molar-refractivity contribution in [3.05, 3.63) is 42.7 Å². The topological polar surface area (TPSA) is 83.9 Å². The fourth-order valence-corrected chi connectivity index (χ4v) is 3.22. The maximum Gasteiger partial charge on any atom is 0.233 e. The van der Waals surface area contributed by atoms with Crippen molar-refractivity contribution < 1.29 is 9.84 Å². The van der Waals surface area contributed by atoms with Gasteiger partial charge in [-0.1, -0.05) is 12.5 Å². The first-order valence-electron chi connectivity index (χ1n) is 8.62. The molecule has 0 unspecified atom stereocenters. The van der Waals surface area contributed by atoms with Crippen molar-refractivity contribution in [3.8, 4) is 34.0 Å². The van der Waals surface area contributed by atoms with Gasteiger partial charge < -0.3 is 9.84 Å². The van der Waals surface area contributed by atoms with Crippen molar-refractivity contribution >= 4 is 0 Å². The summed E-state index contributed by atoms with van der Waals surface area (Å²) in [6.45, 7) is 0. The van der Waals surface area contributed by atoms with E-state index in [9.17, 15) is 5.11 Å². The number of aromatic hydroxyl groups is 1. The Morgan fingerprint density at radius 1 is 1.00 bits per heavy atom. The van der Waals surface area contributed by atoms with Gasteiger partial charge in [0.1, 0.15) is 11.9 Å². The molecule has 0 radical (unpaired) electrons. The van der Waals surface area contributed by atoms with Gasteiger partial charge in [-0.2, -0.15) is 5.10 Å². The molecule has 6 heteroatoms. The number of H-pyrrole nitrogens is 1. The lowest BCUT2D eigenvalue weighted by Crippen LogP contribution is -2.20. The molecule has 1 saturated carbocycles. The standard InChI is InChI=1S/C19H20N4O2/c24-18-10-13(14-11-20-21-12-14)6-7-16(18)17-8-9-19(23-22-17)25-15-4-2-1-3-5-15/h6-12,15,24H,1-5H2,(H,20,21). The Balaban J connectivity index is 1.51. The molecule has 0 spiro atoms. The minimum absolute atomic E-state index is 0.161. The van der Waals surface area contributed by atoms with Crippen LogP contribution in [0.25, 0.3) is 22.4 Å². The molecule has 0 amide bonds. The largest absolute Gasteiger partial charge is 0.507 e. The van der Waals surface area contributed by atoms with Crippen LogP contribution in [0.4, 0.5) is 0 Å². The number of aromatic amines is 1. The van der Waals surface area contributed by atoms with E-state index in [0.29, 0.717) is 17.1 Å². The number of ether oxygens (including phenoxy) is 1. The molecule has 2 N–H and O–H groups in total. The Kier molecular flexibility index (Phi) is 4.33. The van der Waals surface area contributed by atoms with Crippen molar-refractivity contribution in [1.29, 1.82) is 0 Å². The number of hydrogen-bond donors (Lipinski definition) is 2. The SMILES string of the molecule is Oc1cc(-c2cn[nH]c2)ccc1-c1ccc(OC2CCCCC2)nn1. The number of rotatable bonds is 4. The van der Waals surface area contributed by atoms with Crippen LogP contribution in [0.3, 0.4) is 0 Å². The quantitative estimate of drug-likeness (QED) is 0.753. The molecule has 1 aliphatic rings. The van der Waals surface area contributed by atoms with Crippen LogP contribution in [0, 0.1) is 0 Å². The number of nitrogens with one attached hydrogen (secondary N) is 1. The fourth-order valence-electron chi connectivity index (χ4n) is 3.22. The van der Waals surface area contributed by atoms with Gasteiger partial charge in [-0.15, -0.1) is 10.2 Å². The zero-order valence-electron chi connectivity index (χ0n) is 13.9. The Labute approximate surface area is 145 Å². The van der Waals surface area contributed by atoms with Gasteiger partial charge in [0.15, 0.2) is 0 Å². The zero-order chi connectivity index (χ0) is 17.1. The molecule has 0 aliphatic heterocycles. The Morgan fingerprint density at radius 2 is 1.88 bits per heavy atom. The molecule has 1 fully saturated rings. The van der Waals surface area contributed by atoms with E-state index in [1.807, 2.05) is 24.3 Å². The van der Waals surface area contributed by atoms with Gasteiger partial charge in [-0.25, -0.2) is 0 Å². The molecule has 0 atom stereocenters. The number of aromatic nitrogens is 4. The molecular formula is C19H20N4O2. The third kappa shape index (κ3) is 3.47. The molecule has 2 heterocycles. The highest BCUT2D eigenvalue weighted by Gasteiger charge is 2.16. The molecule has 2 aromatic heterocycles. The van der Waals surface area contributed by atoms with Crippen molar-refractivity contribution in [2.24, 2.45) is 0 Å². The molecule has 128 valence electrons. The number of phenols is 1. The van der Waals surface area contributed by atoms with Crippen LogP contribution in [0.1, 0.15) is 32.1 Å². The van der Waals surface area contributed by atoms with Crippen molar-refractivity contribution in [2.75, 3.05) is 0 Å². The second-order valence-corrected chi connectivity index (χ2v) is 6.35. The summed E-state index contributed by atoms with van der Waals surface area (Å²) in [7, 11) is 0. The molecule has 1 aliphatic carbocycles. The minimum Gasteiger partial charge on any atom is -0.507 e. The van der Waals surface area contributed by atoms with Gasteiger partial charge in [0, 0.05) is 23.4 Å². The van der Waals surface area contributed by atoms with E-state index in [2.05, 4.69) is 20.4 Å². The monoisotopic (exact) mass is 336 g/mol. The summed E-state index contributed by atoms with van der Waals surface area (Å²) >= 11 is 0. The van der Waals surface area contributed by atoms with Gasteiger partial charge in [0.25, 0.3) is 0 Å². The number of nitrogens with zero attached hydrogens (tertiary/aromatic N) is 3. The summed E-state index contributed by atoms with van der Waals surface area (Å²) in [5.74, 6) is 0.708. The molecular weight excluding hydrogens is 316 g/mol. The first-order chi connectivity index (χ1) is 12.3. The molecule has 0 saturated heterocycles. The van der Waals surface area contributed by atoms with Crippen LogP contribution >= 0.6 is 0 Å². The normalized spacial score (nSPS) is 15.2.